The van der Waals surface area contributed by atoms with Gasteiger partial charge in [-0.25, -0.2) is 4.98 Å². The number of aliphatic hydroxyl groups excluding tert-OH is 1. The third-order valence-corrected chi connectivity index (χ3v) is 1.80. The monoisotopic (exact) mass is 184 g/mol. The lowest BCUT2D eigenvalue weighted by atomic mass is 10.3. The van der Waals surface area contributed by atoms with Gasteiger partial charge in [-0.15, -0.1) is 0 Å². The summed E-state index contributed by atoms with van der Waals surface area (Å²) in [6.07, 6.45) is 2.17. The van der Waals surface area contributed by atoms with Gasteiger partial charge >= 0.3 is 0 Å². The Balaban J connectivity index is 2.20. The molecule has 74 valence electrons. The first-order valence-electron chi connectivity index (χ1n) is 4.52. The highest BCUT2D eigenvalue weighted by molar-refractivity contribution is 4.90. The summed E-state index contributed by atoms with van der Waals surface area (Å²) in [6, 6.07) is 0. The summed E-state index contributed by atoms with van der Waals surface area (Å²) in [5.41, 5.74) is 0. The molecule has 0 radical (unpaired) electrons. The van der Waals surface area contributed by atoms with Crippen LogP contribution in [0.2, 0.25) is 0 Å². The van der Waals surface area contributed by atoms with Gasteiger partial charge in [-0.1, -0.05) is 6.92 Å². The molecule has 1 aromatic rings. The Morgan fingerprint density at radius 2 is 2.46 bits per heavy atom. The Morgan fingerprint density at radius 1 is 1.69 bits per heavy atom. The minimum atomic E-state index is -0.281. The zero-order valence-electron chi connectivity index (χ0n) is 8.08. The van der Waals surface area contributed by atoms with Crippen LogP contribution in [0.15, 0.2) is 10.6 Å². The highest BCUT2D eigenvalue weighted by Gasteiger charge is 2.02. The molecule has 0 bridgehead atoms. The third-order valence-electron chi connectivity index (χ3n) is 1.80. The molecule has 0 saturated carbocycles. The van der Waals surface area contributed by atoms with Crippen LogP contribution in [-0.2, 0) is 6.54 Å². The molecule has 4 nitrogen and oxygen atoms in total. The SMILES string of the molecule is CCC(O)CNCc1ncc(C)o1. The van der Waals surface area contributed by atoms with Gasteiger partial charge in [-0.2, -0.15) is 0 Å². The van der Waals surface area contributed by atoms with Crippen molar-refractivity contribution in [2.45, 2.75) is 32.9 Å². The molecule has 1 atom stereocenters. The van der Waals surface area contributed by atoms with Crippen molar-refractivity contribution in [1.29, 1.82) is 0 Å². The van der Waals surface area contributed by atoms with Crippen molar-refractivity contribution in [2.75, 3.05) is 6.54 Å². The largest absolute Gasteiger partial charge is 0.445 e. The molecule has 0 saturated heterocycles. The van der Waals surface area contributed by atoms with Crippen LogP contribution in [-0.4, -0.2) is 22.7 Å². The van der Waals surface area contributed by atoms with Crippen LogP contribution in [0, 0.1) is 6.92 Å². The van der Waals surface area contributed by atoms with E-state index in [4.69, 9.17) is 4.42 Å². The second kappa shape index (κ2) is 4.99. The highest BCUT2D eigenvalue weighted by Crippen LogP contribution is 2.00. The lowest BCUT2D eigenvalue weighted by Gasteiger charge is -2.06. The standard InChI is InChI=1S/C9H16N2O2/c1-3-8(12)5-10-6-9-11-4-7(2)13-9/h4,8,10,12H,3,5-6H2,1-2H3. The predicted octanol–water partition coefficient (Wildman–Crippen LogP) is 0.844. The molecular weight excluding hydrogens is 168 g/mol. The number of hydrogen-bond donors (Lipinski definition) is 2. The van der Waals surface area contributed by atoms with Gasteiger partial charge in [0.05, 0.1) is 18.8 Å². The minimum Gasteiger partial charge on any atom is -0.445 e. The second-order valence-electron chi connectivity index (χ2n) is 3.06. The van der Waals surface area contributed by atoms with Crippen LogP contribution in [0.25, 0.3) is 0 Å². The molecule has 0 spiro atoms. The maximum atomic E-state index is 9.23. The molecule has 1 unspecified atom stereocenters. The molecule has 0 fully saturated rings. The Bertz CT molecular complexity index is 248. The van der Waals surface area contributed by atoms with E-state index in [1.54, 1.807) is 6.20 Å². The average molecular weight is 184 g/mol. The van der Waals surface area contributed by atoms with E-state index in [9.17, 15) is 5.11 Å². The molecule has 1 heterocycles. The van der Waals surface area contributed by atoms with Crippen LogP contribution in [0.4, 0.5) is 0 Å². The minimum absolute atomic E-state index is 0.281. The molecular formula is C9H16N2O2. The second-order valence-corrected chi connectivity index (χ2v) is 3.06. The summed E-state index contributed by atoms with van der Waals surface area (Å²) >= 11 is 0. The molecule has 0 amide bonds. The van der Waals surface area contributed by atoms with Crippen LogP contribution in [0.5, 0.6) is 0 Å². The van der Waals surface area contributed by atoms with E-state index < -0.39 is 0 Å². The molecule has 0 aromatic carbocycles. The van der Waals surface area contributed by atoms with Gasteiger partial charge in [0.25, 0.3) is 0 Å². The lowest BCUT2D eigenvalue weighted by Crippen LogP contribution is -2.25. The number of hydrogen-bond acceptors (Lipinski definition) is 4. The molecule has 0 aliphatic heterocycles. The molecule has 13 heavy (non-hydrogen) atoms. The van der Waals surface area contributed by atoms with Gasteiger partial charge in [0.15, 0.2) is 0 Å². The Labute approximate surface area is 78.0 Å². The van der Waals surface area contributed by atoms with E-state index in [1.807, 2.05) is 13.8 Å². The van der Waals surface area contributed by atoms with Gasteiger partial charge in [0.1, 0.15) is 5.76 Å². The van der Waals surface area contributed by atoms with E-state index in [-0.39, 0.29) is 6.10 Å². The van der Waals surface area contributed by atoms with Crippen molar-refractivity contribution < 1.29 is 9.52 Å². The molecule has 0 aliphatic rings. The van der Waals surface area contributed by atoms with Crippen LogP contribution in [0.1, 0.15) is 25.0 Å². The highest BCUT2D eigenvalue weighted by atomic mass is 16.4. The average Bonchev–Trinajstić information content (AvgIpc) is 2.51. The maximum absolute atomic E-state index is 9.23. The number of nitrogens with zero attached hydrogens (tertiary/aromatic N) is 1. The van der Waals surface area contributed by atoms with E-state index in [2.05, 4.69) is 10.3 Å². The van der Waals surface area contributed by atoms with Crippen molar-refractivity contribution in [2.24, 2.45) is 0 Å². The molecule has 1 rings (SSSR count). The fourth-order valence-corrected chi connectivity index (χ4v) is 0.973. The van der Waals surface area contributed by atoms with Crippen molar-refractivity contribution in [3.8, 4) is 0 Å². The zero-order valence-corrected chi connectivity index (χ0v) is 8.08. The molecule has 4 heteroatoms. The normalized spacial score (nSPS) is 13.2. The van der Waals surface area contributed by atoms with Gasteiger partial charge in [0.2, 0.25) is 5.89 Å². The summed E-state index contributed by atoms with van der Waals surface area (Å²) < 4.78 is 5.24. The Kier molecular flexibility index (Phi) is 3.92. The molecule has 2 N–H and O–H groups in total. The molecule has 1 aromatic heterocycles. The van der Waals surface area contributed by atoms with Gasteiger partial charge in [-0.3, -0.25) is 0 Å². The van der Waals surface area contributed by atoms with E-state index in [0.29, 0.717) is 19.0 Å². The summed E-state index contributed by atoms with van der Waals surface area (Å²) in [7, 11) is 0. The number of aromatic nitrogens is 1. The number of aryl methyl sites for hydroxylation is 1. The Hall–Kier alpha value is -0.870. The van der Waals surface area contributed by atoms with E-state index in [1.165, 1.54) is 0 Å². The van der Waals surface area contributed by atoms with Crippen LogP contribution >= 0.6 is 0 Å². The number of aliphatic hydroxyl groups is 1. The van der Waals surface area contributed by atoms with E-state index >= 15 is 0 Å². The van der Waals surface area contributed by atoms with Crippen molar-refractivity contribution >= 4 is 0 Å². The van der Waals surface area contributed by atoms with Crippen LogP contribution < -0.4 is 5.32 Å². The molecule has 0 aliphatic carbocycles. The predicted molar refractivity (Wildman–Crippen MR) is 49.2 cm³/mol. The lowest BCUT2D eigenvalue weighted by molar-refractivity contribution is 0.166. The topological polar surface area (TPSA) is 58.3 Å². The van der Waals surface area contributed by atoms with E-state index in [0.717, 1.165) is 12.2 Å². The Morgan fingerprint density at radius 3 is 3.00 bits per heavy atom. The number of nitrogens with one attached hydrogen (secondary N) is 1. The quantitative estimate of drug-likeness (QED) is 0.712. The fraction of sp³-hybridized carbons (Fsp3) is 0.667. The van der Waals surface area contributed by atoms with Crippen molar-refractivity contribution in [3.05, 3.63) is 17.8 Å². The first-order chi connectivity index (χ1) is 6.22. The third kappa shape index (κ3) is 3.57. The zero-order chi connectivity index (χ0) is 9.68. The smallest absolute Gasteiger partial charge is 0.208 e. The van der Waals surface area contributed by atoms with Gasteiger partial charge in [-0.05, 0) is 13.3 Å². The van der Waals surface area contributed by atoms with Crippen molar-refractivity contribution in [3.63, 3.8) is 0 Å². The summed E-state index contributed by atoms with van der Waals surface area (Å²) in [4.78, 5) is 4.03. The fourth-order valence-electron chi connectivity index (χ4n) is 0.973. The number of rotatable bonds is 5. The van der Waals surface area contributed by atoms with Crippen molar-refractivity contribution in [1.82, 2.24) is 10.3 Å². The van der Waals surface area contributed by atoms with Gasteiger partial charge in [0, 0.05) is 6.54 Å². The maximum Gasteiger partial charge on any atom is 0.208 e. The summed E-state index contributed by atoms with van der Waals surface area (Å²) in [5, 5.41) is 12.3. The first kappa shape index (κ1) is 10.2. The van der Waals surface area contributed by atoms with Gasteiger partial charge < -0.3 is 14.8 Å². The summed E-state index contributed by atoms with van der Waals surface area (Å²) in [6.45, 7) is 4.96. The first-order valence-corrected chi connectivity index (χ1v) is 4.52. The summed E-state index contributed by atoms with van der Waals surface area (Å²) in [5.74, 6) is 1.48. The number of oxazole rings is 1. The van der Waals surface area contributed by atoms with Crippen LogP contribution in [0.3, 0.4) is 0 Å².